The highest BCUT2D eigenvalue weighted by atomic mass is 16.6. The van der Waals surface area contributed by atoms with Gasteiger partial charge in [0.15, 0.2) is 11.6 Å². The van der Waals surface area contributed by atoms with Crippen molar-refractivity contribution in [2.24, 2.45) is 0 Å². The van der Waals surface area contributed by atoms with Gasteiger partial charge in [0.05, 0.1) is 0 Å². The SMILES string of the molecule is Cc1ccccc1Nc1nc2nonc2nc1-n1ccnc1C. The van der Waals surface area contributed by atoms with E-state index in [9.17, 15) is 0 Å². The van der Waals surface area contributed by atoms with Gasteiger partial charge in [0.25, 0.3) is 0 Å². The molecule has 0 bridgehead atoms. The monoisotopic (exact) mass is 307 g/mol. The van der Waals surface area contributed by atoms with Gasteiger partial charge in [0.2, 0.25) is 11.3 Å². The van der Waals surface area contributed by atoms with E-state index in [0.717, 1.165) is 17.1 Å². The fraction of sp³-hybridized carbons (Fsp3) is 0.133. The molecule has 0 radical (unpaired) electrons. The van der Waals surface area contributed by atoms with Crippen molar-refractivity contribution in [3.8, 4) is 5.82 Å². The second-order valence-corrected chi connectivity index (χ2v) is 5.09. The van der Waals surface area contributed by atoms with Gasteiger partial charge in [-0.1, -0.05) is 18.2 Å². The van der Waals surface area contributed by atoms with Gasteiger partial charge in [-0.2, -0.15) is 0 Å². The summed E-state index contributed by atoms with van der Waals surface area (Å²) in [4.78, 5) is 13.2. The highest BCUT2D eigenvalue weighted by Gasteiger charge is 2.16. The van der Waals surface area contributed by atoms with E-state index < -0.39 is 0 Å². The summed E-state index contributed by atoms with van der Waals surface area (Å²) in [5.41, 5.74) is 2.74. The number of rotatable bonds is 3. The van der Waals surface area contributed by atoms with Crippen molar-refractivity contribution >= 4 is 22.8 Å². The number of para-hydroxylation sites is 1. The molecule has 114 valence electrons. The first-order valence-corrected chi connectivity index (χ1v) is 7.05. The number of aromatic nitrogens is 6. The van der Waals surface area contributed by atoms with E-state index in [1.54, 1.807) is 6.20 Å². The number of nitrogens with zero attached hydrogens (tertiary/aromatic N) is 6. The third kappa shape index (κ3) is 2.30. The lowest BCUT2D eigenvalue weighted by atomic mass is 10.2. The van der Waals surface area contributed by atoms with Gasteiger partial charge in [-0.05, 0) is 35.8 Å². The van der Waals surface area contributed by atoms with Crippen LogP contribution in [0.4, 0.5) is 11.5 Å². The maximum Gasteiger partial charge on any atom is 0.245 e. The summed E-state index contributed by atoms with van der Waals surface area (Å²) < 4.78 is 6.55. The van der Waals surface area contributed by atoms with E-state index in [0.29, 0.717) is 22.9 Å². The summed E-state index contributed by atoms with van der Waals surface area (Å²) in [7, 11) is 0. The fourth-order valence-electron chi connectivity index (χ4n) is 2.32. The van der Waals surface area contributed by atoms with Crippen molar-refractivity contribution in [1.29, 1.82) is 0 Å². The van der Waals surface area contributed by atoms with Crippen LogP contribution >= 0.6 is 0 Å². The number of hydrogen-bond donors (Lipinski definition) is 1. The minimum Gasteiger partial charge on any atom is -0.337 e. The van der Waals surface area contributed by atoms with E-state index >= 15 is 0 Å². The molecule has 0 aliphatic carbocycles. The topological polar surface area (TPSA) is 94.5 Å². The smallest absolute Gasteiger partial charge is 0.245 e. The molecule has 3 aromatic heterocycles. The highest BCUT2D eigenvalue weighted by Crippen LogP contribution is 2.25. The van der Waals surface area contributed by atoms with Crippen LogP contribution in [0.5, 0.6) is 0 Å². The fourth-order valence-corrected chi connectivity index (χ4v) is 2.32. The Balaban J connectivity index is 1.90. The number of aryl methyl sites for hydroxylation is 2. The van der Waals surface area contributed by atoms with Crippen LogP contribution in [0.1, 0.15) is 11.4 Å². The molecular weight excluding hydrogens is 294 g/mol. The Morgan fingerprint density at radius 3 is 2.57 bits per heavy atom. The largest absolute Gasteiger partial charge is 0.337 e. The molecule has 0 aliphatic heterocycles. The minimum absolute atomic E-state index is 0.350. The summed E-state index contributed by atoms with van der Waals surface area (Å²) in [5.74, 6) is 1.94. The van der Waals surface area contributed by atoms with E-state index in [4.69, 9.17) is 4.63 Å². The van der Waals surface area contributed by atoms with Gasteiger partial charge in [0.1, 0.15) is 5.82 Å². The number of hydrogen-bond acceptors (Lipinski definition) is 7. The maximum atomic E-state index is 4.72. The van der Waals surface area contributed by atoms with E-state index in [1.165, 1.54) is 0 Å². The Labute approximate surface area is 131 Å². The number of nitrogens with one attached hydrogen (secondary N) is 1. The van der Waals surface area contributed by atoms with Crippen molar-refractivity contribution in [3.63, 3.8) is 0 Å². The second kappa shape index (κ2) is 5.16. The van der Waals surface area contributed by atoms with Crippen LogP contribution in [0.2, 0.25) is 0 Å². The van der Waals surface area contributed by atoms with Gasteiger partial charge in [-0.25, -0.2) is 19.6 Å². The van der Waals surface area contributed by atoms with Gasteiger partial charge >= 0.3 is 0 Å². The van der Waals surface area contributed by atoms with Gasteiger partial charge in [-0.3, -0.25) is 4.57 Å². The summed E-state index contributed by atoms with van der Waals surface area (Å²) in [6.07, 6.45) is 3.53. The molecular formula is C15H13N7O. The third-order valence-corrected chi connectivity index (χ3v) is 3.55. The molecule has 4 rings (SSSR count). The molecule has 0 unspecified atom stereocenters. The lowest BCUT2D eigenvalue weighted by Crippen LogP contribution is -2.07. The predicted octanol–water partition coefficient (Wildman–Crippen LogP) is 2.56. The van der Waals surface area contributed by atoms with Crippen LogP contribution in [-0.2, 0) is 0 Å². The quantitative estimate of drug-likeness (QED) is 0.621. The Hall–Kier alpha value is -3.29. The molecule has 23 heavy (non-hydrogen) atoms. The van der Waals surface area contributed by atoms with Crippen LogP contribution in [-0.4, -0.2) is 29.8 Å². The first-order chi connectivity index (χ1) is 11.2. The van der Waals surface area contributed by atoms with Gasteiger partial charge < -0.3 is 5.32 Å². The molecule has 0 fully saturated rings. The normalized spacial score (nSPS) is 11.0. The number of anilines is 2. The van der Waals surface area contributed by atoms with Gasteiger partial charge in [0, 0.05) is 18.1 Å². The zero-order chi connectivity index (χ0) is 15.8. The Morgan fingerprint density at radius 1 is 1.04 bits per heavy atom. The highest BCUT2D eigenvalue weighted by molar-refractivity contribution is 5.73. The molecule has 1 N–H and O–H groups in total. The number of fused-ring (bicyclic) bond motifs is 1. The molecule has 0 spiro atoms. The molecule has 0 saturated carbocycles. The summed E-state index contributed by atoms with van der Waals surface area (Å²) in [6, 6.07) is 7.94. The molecule has 0 aliphatic rings. The minimum atomic E-state index is 0.350. The number of benzene rings is 1. The first kappa shape index (κ1) is 13.4. The van der Waals surface area contributed by atoms with E-state index in [-0.39, 0.29) is 0 Å². The van der Waals surface area contributed by atoms with Crippen molar-refractivity contribution in [2.45, 2.75) is 13.8 Å². The summed E-state index contributed by atoms with van der Waals surface area (Å²) in [6.45, 7) is 3.92. The third-order valence-electron chi connectivity index (χ3n) is 3.55. The van der Waals surface area contributed by atoms with Crippen LogP contribution in [0, 0.1) is 13.8 Å². The standard InChI is InChI=1S/C15H13N7O/c1-9-5-3-4-6-11(9)17-14-15(22-8-7-16-10(22)2)19-13-12(18-14)20-23-21-13/h3-8H,1-2H3,(H,17,18,20). The molecule has 0 saturated heterocycles. The van der Waals surface area contributed by atoms with Crippen molar-refractivity contribution < 1.29 is 4.63 Å². The van der Waals surface area contributed by atoms with Crippen molar-refractivity contribution in [3.05, 3.63) is 48.0 Å². The zero-order valence-electron chi connectivity index (χ0n) is 12.6. The number of imidazole rings is 1. The Morgan fingerprint density at radius 2 is 1.83 bits per heavy atom. The molecule has 3 heterocycles. The summed E-state index contributed by atoms with van der Waals surface area (Å²) in [5, 5.41) is 10.8. The molecule has 1 aromatic carbocycles. The van der Waals surface area contributed by atoms with Crippen LogP contribution in [0.3, 0.4) is 0 Å². The Bertz CT molecular complexity index is 988. The van der Waals surface area contributed by atoms with Crippen LogP contribution in [0.25, 0.3) is 17.1 Å². The van der Waals surface area contributed by atoms with Crippen LogP contribution in [0.15, 0.2) is 41.3 Å². The van der Waals surface area contributed by atoms with E-state index in [1.807, 2.05) is 48.9 Å². The molecule has 0 atom stereocenters. The predicted molar refractivity (Wildman–Crippen MR) is 83.7 cm³/mol. The zero-order valence-corrected chi connectivity index (χ0v) is 12.6. The Kier molecular flexibility index (Phi) is 3.00. The summed E-state index contributed by atoms with van der Waals surface area (Å²) >= 11 is 0. The molecule has 0 amide bonds. The van der Waals surface area contributed by atoms with Crippen molar-refractivity contribution in [2.75, 3.05) is 5.32 Å². The first-order valence-electron chi connectivity index (χ1n) is 7.05. The van der Waals surface area contributed by atoms with Gasteiger partial charge in [-0.15, -0.1) is 0 Å². The molecule has 8 heteroatoms. The molecule has 4 aromatic rings. The second-order valence-electron chi connectivity index (χ2n) is 5.09. The lowest BCUT2D eigenvalue weighted by Gasteiger charge is -2.12. The average Bonchev–Trinajstić information content (AvgIpc) is 3.17. The molecule has 8 nitrogen and oxygen atoms in total. The average molecular weight is 307 g/mol. The van der Waals surface area contributed by atoms with Crippen molar-refractivity contribution in [1.82, 2.24) is 29.8 Å². The van der Waals surface area contributed by atoms with Crippen LogP contribution < -0.4 is 5.32 Å². The lowest BCUT2D eigenvalue weighted by molar-refractivity contribution is 0.314. The van der Waals surface area contributed by atoms with E-state index in [2.05, 4.69) is 30.6 Å². The maximum absolute atomic E-state index is 4.72.